The fraction of sp³-hybridized carbons (Fsp3) is 0.179. The molecule has 0 bridgehead atoms. The van der Waals surface area contributed by atoms with Crippen LogP contribution < -0.4 is 15.5 Å². The Kier molecular flexibility index (Phi) is 6.09. The van der Waals surface area contributed by atoms with Crippen molar-refractivity contribution in [3.05, 3.63) is 108 Å². The maximum absolute atomic E-state index is 11.5. The molecule has 0 saturated carbocycles. The Balaban J connectivity index is 1.62. The number of aryl methyl sites for hydroxylation is 2. The summed E-state index contributed by atoms with van der Waals surface area (Å²) in [6, 6.07) is 24.1. The normalized spacial score (nSPS) is 17.3. The molecule has 35 heavy (non-hydrogen) atoms. The Morgan fingerprint density at radius 2 is 1.74 bits per heavy atom. The summed E-state index contributed by atoms with van der Waals surface area (Å²) in [5.41, 5.74) is 7.31. The zero-order valence-electron chi connectivity index (χ0n) is 19.9. The van der Waals surface area contributed by atoms with Crippen LogP contribution in [-0.2, 0) is 4.79 Å². The van der Waals surface area contributed by atoms with Crippen molar-refractivity contribution in [2.45, 2.75) is 32.9 Å². The lowest BCUT2D eigenvalue weighted by Gasteiger charge is -2.29. The Morgan fingerprint density at radius 3 is 2.43 bits per heavy atom. The number of rotatable bonds is 5. The van der Waals surface area contributed by atoms with Crippen LogP contribution >= 0.6 is 12.2 Å². The third kappa shape index (κ3) is 4.42. The molecule has 1 fully saturated rings. The van der Waals surface area contributed by atoms with Gasteiger partial charge in [-0.05, 0) is 97.9 Å². The average molecular weight is 482 g/mol. The molecule has 0 radical (unpaired) electrons. The van der Waals surface area contributed by atoms with E-state index in [0.717, 1.165) is 28.5 Å². The number of hydrogen-bond acceptors (Lipinski definition) is 3. The van der Waals surface area contributed by atoms with Crippen molar-refractivity contribution >= 4 is 34.6 Å². The van der Waals surface area contributed by atoms with E-state index in [1.807, 2.05) is 48.7 Å². The third-order valence-electron chi connectivity index (χ3n) is 6.42. The number of hydrogen-bond donors (Lipinski definition) is 2. The van der Waals surface area contributed by atoms with Gasteiger partial charge in [0, 0.05) is 42.1 Å². The van der Waals surface area contributed by atoms with Gasteiger partial charge in [0.15, 0.2) is 5.11 Å². The van der Waals surface area contributed by atoms with Crippen molar-refractivity contribution in [3.8, 4) is 5.69 Å². The molecule has 0 unspecified atom stereocenters. The minimum absolute atomic E-state index is 0.101. The molecule has 5 rings (SSSR count). The van der Waals surface area contributed by atoms with Crippen molar-refractivity contribution in [1.82, 2.24) is 14.9 Å². The molecule has 2 aromatic heterocycles. The largest absolute Gasteiger partial charge is 0.351 e. The van der Waals surface area contributed by atoms with Gasteiger partial charge in [-0.3, -0.25) is 9.78 Å². The molecule has 6 nitrogen and oxygen atoms in total. The molecule has 2 aromatic carbocycles. The van der Waals surface area contributed by atoms with Crippen molar-refractivity contribution in [2.75, 3.05) is 10.2 Å². The SMILES string of the molecule is CC(=O)Nc1ccc(N2C(=S)N[C@H](c3ccccn3)[C@@H]2c2cccn2-c2ccc(C)c(C)c2)cc1. The first-order chi connectivity index (χ1) is 16.9. The number of benzene rings is 2. The van der Waals surface area contributed by atoms with Crippen LogP contribution in [0.3, 0.4) is 0 Å². The summed E-state index contributed by atoms with van der Waals surface area (Å²) in [5, 5.41) is 6.97. The van der Waals surface area contributed by atoms with E-state index in [1.54, 1.807) is 0 Å². The number of thiocarbonyl (C=S) groups is 1. The van der Waals surface area contributed by atoms with Crippen LogP contribution in [0.15, 0.2) is 85.2 Å². The summed E-state index contributed by atoms with van der Waals surface area (Å²) < 4.78 is 2.22. The van der Waals surface area contributed by atoms with E-state index in [-0.39, 0.29) is 18.0 Å². The molecule has 2 N–H and O–H groups in total. The monoisotopic (exact) mass is 481 g/mol. The highest BCUT2D eigenvalue weighted by Gasteiger charge is 2.42. The van der Waals surface area contributed by atoms with Gasteiger partial charge in [0.05, 0.1) is 11.7 Å². The third-order valence-corrected chi connectivity index (χ3v) is 6.73. The van der Waals surface area contributed by atoms with E-state index in [0.29, 0.717) is 5.11 Å². The fourth-order valence-electron chi connectivity index (χ4n) is 4.59. The standard InChI is InChI=1S/C28H27N5OS/c1-18-9-12-23(17-19(18)2)32-16-6-8-25(32)27-26(24-7-4-5-15-29-24)31-28(35)33(27)22-13-10-21(11-14-22)30-20(3)34/h4-17,26-27H,1-3H3,(H,30,34)(H,31,35)/t26-,27+/m1/s1. The van der Waals surface area contributed by atoms with Crippen molar-refractivity contribution in [3.63, 3.8) is 0 Å². The van der Waals surface area contributed by atoms with E-state index in [9.17, 15) is 4.79 Å². The number of amides is 1. The van der Waals surface area contributed by atoms with Crippen LogP contribution in [0.25, 0.3) is 5.69 Å². The van der Waals surface area contributed by atoms with Gasteiger partial charge in [-0.25, -0.2) is 0 Å². The van der Waals surface area contributed by atoms with Crippen LogP contribution in [0.2, 0.25) is 0 Å². The molecule has 3 heterocycles. The zero-order valence-corrected chi connectivity index (χ0v) is 20.7. The van der Waals surface area contributed by atoms with Gasteiger partial charge >= 0.3 is 0 Å². The summed E-state index contributed by atoms with van der Waals surface area (Å²) in [7, 11) is 0. The van der Waals surface area contributed by atoms with E-state index in [2.05, 4.69) is 75.5 Å². The molecule has 2 atom stereocenters. The topological polar surface area (TPSA) is 62.2 Å². The van der Waals surface area contributed by atoms with Crippen LogP contribution in [0, 0.1) is 13.8 Å². The first-order valence-electron chi connectivity index (χ1n) is 11.6. The van der Waals surface area contributed by atoms with Crippen LogP contribution in [-0.4, -0.2) is 20.6 Å². The van der Waals surface area contributed by atoms with Gasteiger partial charge < -0.3 is 20.1 Å². The van der Waals surface area contributed by atoms with Gasteiger partial charge in [-0.1, -0.05) is 12.1 Å². The highest BCUT2D eigenvalue weighted by molar-refractivity contribution is 7.80. The van der Waals surface area contributed by atoms with Crippen LogP contribution in [0.4, 0.5) is 11.4 Å². The Morgan fingerprint density at radius 1 is 0.971 bits per heavy atom. The van der Waals surface area contributed by atoms with Gasteiger partial charge in [0.2, 0.25) is 5.91 Å². The fourth-order valence-corrected chi connectivity index (χ4v) is 4.93. The van der Waals surface area contributed by atoms with Gasteiger partial charge in [0.1, 0.15) is 6.04 Å². The molecule has 1 aliphatic heterocycles. The zero-order chi connectivity index (χ0) is 24.5. The lowest BCUT2D eigenvalue weighted by atomic mass is 10.0. The second-order valence-electron chi connectivity index (χ2n) is 8.80. The minimum atomic E-state index is -0.140. The van der Waals surface area contributed by atoms with E-state index < -0.39 is 0 Å². The second kappa shape index (κ2) is 9.35. The summed E-state index contributed by atoms with van der Waals surface area (Å²) in [4.78, 5) is 18.3. The Labute approximate surface area is 210 Å². The number of carbonyl (C=O) groups excluding carboxylic acids is 1. The average Bonchev–Trinajstić information content (AvgIpc) is 3.46. The molecule has 1 amide bonds. The molecule has 1 aliphatic rings. The number of nitrogens with zero attached hydrogens (tertiary/aromatic N) is 3. The van der Waals surface area contributed by atoms with E-state index >= 15 is 0 Å². The molecular weight excluding hydrogens is 454 g/mol. The molecule has 176 valence electrons. The van der Waals surface area contributed by atoms with E-state index in [1.165, 1.54) is 18.1 Å². The van der Waals surface area contributed by atoms with Gasteiger partial charge in [0.25, 0.3) is 0 Å². The highest BCUT2D eigenvalue weighted by Crippen LogP contribution is 2.42. The summed E-state index contributed by atoms with van der Waals surface area (Å²) >= 11 is 5.86. The second-order valence-corrected chi connectivity index (χ2v) is 9.18. The summed E-state index contributed by atoms with van der Waals surface area (Å²) in [5.74, 6) is -0.101. The number of aromatic nitrogens is 2. The highest BCUT2D eigenvalue weighted by atomic mass is 32.1. The van der Waals surface area contributed by atoms with Crippen molar-refractivity contribution in [1.29, 1.82) is 0 Å². The maximum atomic E-state index is 11.5. The number of anilines is 2. The predicted molar refractivity (Wildman–Crippen MR) is 144 cm³/mol. The lowest BCUT2D eigenvalue weighted by Crippen LogP contribution is -2.30. The number of pyridine rings is 1. The predicted octanol–water partition coefficient (Wildman–Crippen LogP) is 5.62. The number of nitrogens with one attached hydrogen (secondary N) is 2. The Bertz CT molecular complexity index is 1380. The summed E-state index contributed by atoms with van der Waals surface area (Å²) in [6.07, 6.45) is 3.90. The van der Waals surface area contributed by atoms with Crippen molar-refractivity contribution < 1.29 is 4.79 Å². The summed E-state index contributed by atoms with van der Waals surface area (Å²) in [6.45, 7) is 5.76. The Hall–Kier alpha value is -3.97. The first kappa shape index (κ1) is 22.8. The molecule has 0 aliphatic carbocycles. The quantitative estimate of drug-likeness (QED) is 0.362. The molecule has 1 saturated heterocycles. The van der Waals surface area contributed by atoms with Crippen LogP contribution in [0.5, 0.6) is 0 Å². The first-order valence-corrected chi connectivity index (χ1v) is 12.0. The van der Waals surface area contributed by atoms with Crippen LogP contribution in [0.1, 0.15) is 41.5 Å². The maximum Gasteiger partial charge on any atom is 0.221 e. The molecular formula is C28H27N5OS. The van der Waals surface area contributed by atoms with E-state index in [4.69, 9.17) is 12.2 Å². The minimum Gasteiger partial charge on any atom is -0.351 e. The molecule has 0 spiro atoms. The van der Waals surface area contributed by atoms with Crippen molar-refractivity contribution in [2.24, 2.45) is 0 Å². The lowest BCUT2D eigenvalue weighted by molar-refractivity contribution is -0.114. The smallest absolute Gasteiger partial charge is 0.221 e. The number of carbonyl (C=O) groups is 1. The van der Waals surface area contributed by atoms with Gasteiger partial charge in [-0.2, -0.15) is 0 Å². The van der Waals surface area contributed by atoms with Gasteiger partial charge in [-0.15, -0.1) is 0 Å². The molecule has 4 aromatic rings. The molecule has 7 heteroatoms.